The Labute approximate surface area is 118 Å². The van der Waals surface area contributed by atoms with Gasteiger partial charge in [-0.2, -0.15) is 0 Å². The summed E-state index contributed by atoms with van der Waals surface area (Å²) in [5.41, 5.74) is 2.15. The molecule has 2 aromatic rings. The van der Waals surface area contributed by atoms with Crippen LogP contribution in [0.2, 0.25) is 0 Å². The first-order valence-corrected chi connectivity index (χ1v) is 6.68. The average molecular weight is 272 g/mol. The number of para-hydroxylation sites is 1. The number of amides is 1. The van der Waals surface area contributed by atoms with Gasteiger partial charge >= 0.3 is 0 Å². The number of aromatic nitrogens is 1. The molecule has 0 aliphatic carbocycles. The van der Waals surface area contributed by atoms with Crippen LogP contribution in [0.5, 0.6) is 0 Å². The number of fused-ring (bicyclic) bond motifs is 1. The zero-order valence-corrected chi connectivity index (χ0v) is 12.1. The lowest BCUT2D eigenvalue weighted by molar-refractivity contribution is -0.122. The maximum absolute atomic E-state index is 11.9. The summed E-state index contributed by atoms with van der Waals surface area (Å²) in [6.45, 7) is 5.47. The summed E-state index contributed by atoms with van der Waals surface area (Å²) >= 11 is 0. The Bertz CT molecular complexity index is 635. The molecule has 0 unspecified atom stereocenters. The highest BCUT2D eigenvalue weighted by molar-refractivity contribution is 5.83. The lowest BCUT2D eigenvalue weighted by Gasteiger charge is -2.23. The number of aliphatic hydroxyl groups is 1. The van der Waals surface area contributed by atoms with Crippen LogP contribution in [0, 0.1) is 6.92 Å². The molecule has 0 saturated heterocycles. The van der Waals surface area contributed by atoms with Crippen molar-refractivity contribution in [3.8, 4) is 0 Å². The molecule has 20 heavy (non-hydrogen) atoms. The Balaban J connectivity index is 2.18. The number of hydrogen-bond acceptors (Lipinski definition) is 3. The Morgan fingerprint density at radius 2 is 2.05 bits per heavy atom. The second kappa shape index (κ2) is 5.59. The quantitative estimate of drug-likeness (QED) is 0.894. The van der Waals surface area contributed by atoms with Crippen molar-refractivity contribution in [2.75, 3.05) is 6.61 Å². The Kier molecular flexibility index (Phi) is 4.04. The van der Waals surface area contributed by atoms with Crippen LogP contribution in [-0.4, -0.2) is 28.1 Å². The predicted molar refractivity (Wildman–Crippen MR) is 79.5 cm³/mol. The zero-order valence-electron chi connectivity index (χ0n) is 12.1. The lowest BCUT2D eigenvalue weighted by atomic mass is 10.1. The normalized spacial score (nSPS) is 11.6. The fourth-order valence-corrected chi connectivity index (χ4v) is 2.06. The van der Waals surface area contributed by atoms with E-state index < -0.39 is 5.54 Å². The van der Waals surface area contributed by atoms with Crippen LogP contribution in [0.25, 0.3) is 10.9 Å². The number of aliphatic hydroxyl groups excluding tert-OH is 1. The molecule has 0 aliphatic rings. The molecule has 0 bridgehead atoms. The lowest BCUT2D eigenvalue weighted by Crippen LogP contribution is -2.46. The second-order valence-corrected chi connectivity index (χ2v) is 5.72. The van der Waals surface area contributed by atoms with Crippen LogP contribution in [0.15, 0.2) is 30.3 Å². The highest BCUT2D eigenvalue weighted by atomic mass is 16.3. The number of carbonyl (C=O) groups excluding carboxylic acids is 1. The van der Waals surface area contributed by atoms with Gasteiger partial charge in [0.05, 0.1) is 29.8 Å². The molecule has 1 amide bonds. The van der Waals surface area contributed by atoms with Gasteiger partial charge < -0.3 is 10.4 Å². The molecule has 0 aliphatic heterocycles. The molecular weight excluding hydrogens is 252 g/mol. The van der Waals surface area contributed by atoms with Crippen molar-refractivity contribution in [1.29, 1.82) is 0 Å². The van der Waals surface area contributed by atoms with Crippen molar-refractivity contribution in [3.05, 3.63) is 41.6 Å². The number of hydrogen-bond donors (Lipinski definition) is 2. The predicted octanol–water partition coefficient (Wildman–Crippen LogP) is 1.97. The summed E-state index contributed by atoms with van der Waals surface area (Å²) < 4.78 is 0. The van der Waals surface area contributed by atoms with Gasteiger partial charge in [0.2, 0.25) is 5.91 Å². The molecule has 4 heteroatoms. The first-order chi connectivity index (χ1) is 9.41. The van der Waals surface area contributed by atoms with Crippen LogP contribution in [0.3, 0.4) is 0 Å². The van der Waals surface area contributed by atoms with Gasteiger partial charge in [0.1, 0.15) is 0 Å². The van der Waals surface area contributed by atoms with Crippen molar-refractivity contribution in [1.82, 2.24) is 10.3 Å². The molecule has 0 fully saturated rings. The third-order valence-corrected chi connectivity index (χ3v) is 3.19. The molecule has 1 heterocycles. The van der Waals surface area contributed by atoms with Crippen molar-refractivity contribution in [2.24, 2.45) is 0 Å². The maximum atomic E-state index is 11.9. The number of rotatable bonds is 4. The number of nitrogens with one attached hydrogen (secondary N) is 1. The Morgan fingerprint density at radius 3 is 2.75 bits per heavy atom. The molecule has 0 saturated carbocycles. The topological polar surface area (TPSA) is 62.2 Å². The minimum atomic E-state index is -0.607. The summed E-state index contributed by atoms with van der Waals surface area (Å²) in [4.78, 5) is 16.5. The minimum absolute atomic E-state index is 0.0942. The average Bonchev–Trinajstić information content (AvgIpc) is 2.39. The van der Waals surface area contributed by atoms with E-state index in [0.717, 1.165) is 22.2 Å². The Morgan fingerprint density at radius 1 is 1.30 bits per heavy atom. The molecule has 2 N–H and O–H groups in total. The molecule has 0 atom stereocenters. The summed E-state index contributed by atoms with van der Waals surface area (Å²) in [5.74, 6) is -0.135. The van der Waals surface area contributed by atoms with Gasteiger partial charge in [-0.15, -0.1) is 0 Å². The van der Waals surface area contributed by atoms with E-state index in [0.29, 0.717) is 0 Å². The van der Waals surface area contributed by atoms with E-state index >= 15 is 0 Å². The van der Waals surface area contributed by atoms with Gasteiger partial charge in [-0.25, -0.2) is 0 Å². The van der Waals surface area contributed by atoms with Crippen LogP contribution < -0.4 is 5.32 Å². The SMILES string of the molecule is Cc1cccc2ccc(CC(=O)NC(C)(C)CO)nc12. The van der Waals surface area contributed by atoms with Crippen LogP contribution in [0.4, 0.5) is 0 Å². The molecule has 1 aromatic heterocycles. The van der Waals surface area contributed by atoms with Gasteiger partial charge in [-0.1, -0.05) is 24.3 Å². The fourth-order valence-electron chi connectivity index (χ4n) is 2.06. The molecule has 0 spiro atoms. The Hall–Kier alpha value is -1.94. The van der Waals surface area contributed by atoms with Gasteiger partial charge in [0.15, 0.2) is 0 Å². The number of nitrogens with zero attached hydrogens (tertiary/aromatic N) is 1. The van der Waals surface area contributed by atoms with E-state index in [1.807, 2.05) is 37.3 Å². The third-order valence-electron chi connectivity index (χ3n) is 3.19. The highest BCUT2D eigenvalue weighted by Crippen LogP contribution is 2.16. The van der Waals surface area contributed by atoms with E-state index in [-0.39, 0.29) is 18.9 Å². The first-order valence-electron chi connectivity index (χ1n) is 6.68. The van der Waals surface area contributed by atoms with E-state index in [4.69, 9.17) is 5.11 Å². The summed E-state index contributed by atoms with van der Waals surface area (Å²) in [7, 11) is 0. The van der Waals surface area contributed by atoms with Gasteiger partial charge in [0, 0.05) is 5.39 Å². The monoisotopic (exact) mass is 272 g/mol. The third kappa shape index (κ3) is 3.33. The van der Waals surface area contributed by atoms with Gasteiger partial charge in [-0.3, -0.25) is 9.78 Å². The molecule has 4 nitrogen and oxygen atoms in total. The zero-order chi connectivity index (χ0) is 14.8. The molecule has 1 aromatic carbocycles. The summed E-state index contributed by atoms with van der Waals surface area (Å²) in [6.07, 6.45) is 0.216. The van der Waals surface area contributed by atoms with Crippen molar-refractivity contribution >= 4 is 16.8 Å². The standard InChI is InChI=1S/C16H20N2O2/c1-11-5-4-6-12-7-8-13(17-15(11)12)9-14(20)18-16(2,3)10-19/h4-8,19H,9-10H2,1-3H3,(H,18,20). The second-order valence-electron chi connectivity index (χ2n) is 5.72. The van der Waals surface area contributed by atoms with Crippen molar-refractivity contribution < 1.29 is 9.90 Å². The number of pyridine rings is 1. The number of benzene rings is 1. The van der Waals surface area contributed by atoms with Crippen LogP contribution >= 0.6 is 0 Å². The van der Waals surface area contributed by atoms with Crippen LogP contribution in [-0.2, 0) is 11.2 Å². The molecule has 2 rings (SSSR count). The van der Waals surface area contributed by atoms with E-state index in [1.54, 1.807) is 13.8 Å². The van der Waals surface area contributed by atoms with Gasteiger partial charge in [0.25, 0.3) is 0 Å². The largest absolute Gasteiger partial charge is 0.394 e. The molecular formula is C16H20N2O2. The fraction of sp³-hybridized carbons (Fsp3) is 0.375. The van der Waals surface area contributed by atoms with E-state index in [1.165, 1.54) is 0 Å². The number of aryl methyl sites for hydroxylation is 1. The first kappa shape index (κ1) is 14.5. The summed E-state index contributed by atoms with van der Waals surface area (Å²) in [5, 5.41) is 13.0. The summed E-state index contributed by atoms with van der Waals surface area (Å²) in [6, 6.07) is 9.86. The molecule has 0 radical (unpaired) electrons. The van der Waals surface area contributed by atoms with E-state index in [9.17, 15) is 4.79 Å². The van der Waals surface area contributed by atoms with Crippen molar-refractivity contribution in [3.63, 3.8) is 0 Å². The number of carbonyl (C=O) groups is 1. The smallest absolute Gasteiger partial charge is 0.226 e. The van der Waals surface area contributed by atoms with E-state index in [2.05, 4.69) is 10.3 Å². The molecule has 106 valence electrons. The van der Waals surface area contributed by atoms with Gasteiger partial charge in [-0.05, 0) is 32.4 Å². The minimum Gasteiger partial charge on any atom is -0.394 e. The van der Waals surface area contributed by atoms with Crippen molar-refractivity contribution in [2.45, 2.75) is 32.7 Å². The highest BCUT2D eigenvalue weighted by Gasteiger charge is 2.19. The maximum Gasteiger partial charge on any atom is 0.226 e. The van der Waals surface area contributed by atoms with Crippen LogP contribution in [0.1, 0.15) is 25.1 Å².